The molecule has 0 spiro atoms. The molecule has 0 fully saturated rings. The van der Waals surface area contributed by atoms with Gasteiger partial charge < -0.3 is 42.6 Å². The summed E-state index contributed by atoms with van der Waals surface area (Å²) in [6, 6.07) is 86.6. The molecule has 0 bridgehead atoms. The van der Waals surface area contributed by atoms with E-state index in [0.29, 0.717) is 153 Å². The van der Waals surface area contributed by atoms with Crippen LogP contribution in [0.2, 0.25) is 0 Å². The zero-order valence-electron chi connectivity index (χ0n) is 91.5. The topological polar surface area (TPSA) is 213 Å². The predicted octanol–water partition coefficient (Wildman–Crippen LogP) is 28.4. The first-order valence-corrected chi connectivity index (χ1v) is 54.0. The van der Waals surface area contributed by atoms with Crippen LogP contribution in [0.3, 0.4) is 0 Å². The minimum atomic E-state index is -0.655. The molecule has 2 unspecified atom stereocenters. The van der Waals surface area contributed by atoms with Crippen LogP contribution in [0.5, 0.6) is 0 Å². The predicted molar refractivity (Wildman–Crippen MR) is 591 cm³/mol. The third kappa shape index (κ3) is 46.3. The Kier molecular flexibility index (Phi) is 62.6. The van der Waals surface area contributed by atoms with Gasteiger partial charge in [0.15, 0.2) is 0 Å². The number of ketones is 4. The number of aromatic nitrogens is 6. The van der Waals surface area contributed by atoms with Crippen LogP contribution in [0, 0.1) is 35.5 Å². The highest BCUT2D eigenvalue weighted by Gasteiger charge is 2.45. The van der Waals surface area contributed by atoms with Gasteiger partial charge >= 0.3 is 0 Å². The van der Waals surface area contributed by atoms with Gasteiger partial charge in [-0.05, 0) is 173 Å². The molecule has 2 aromatic heterocycles. The van der Waals surface area contributed by atoms with Gasteiger partial charge in [-0.2, -0.15) is 0 Å². The summed E-state index contributed by atoms with van der Waals surface area (Å²) in [5.74, 6) is 3.68. The maximum Gasteiger partial charge on any atom is 0.148 e. The Balaban J connectivity index is 0.000000272. The van der Waals surface area contributed by atoms with E-state index in [0.717, 1.165) is 167 Å². The minimum absolute atomic E-state index is 0.0207. The van der Waals surface area contributed by atoms with Gasteiger partial charge in [0.2, 0.25) is 0 Å². The molecule has 0 radical (unpaired) electrons. The van der Waals surface area contributed by atoms with E-state index >= 15 is 0 Å². The number of Topliss-reactive ketones (excluding diaryl/α,β-unsaturated/α-hetero) is 4. The van der Waals surface area contributed by atoms with E-state index in [9.17, 15) is 19.2 Å². The molecule has 145 heavy (non-hydrogen) atoms. The largest absolute Gasteiger partial charge is 0.381 e. The van der Waals surface area contributed by atoms with Crippen molar-refractivity contribution in [1.29, 1.82) is 0 Å². The molecule has 2 atom stereocenters. The summed E-state index contributed by atoms with van der Waals surface area (Å²) < 4.78 is 54.2. The van der Waals surface area contributed by atoms with Crippen molar-refractivity contribution in [2.24, 2.45) is 35.5 Å². The van der Waals surface area contributed by atoms with E-state index in [2.05, 4.69) is 303 Å². The maximum atomic E-state index is 13.8. The van der Waals surface area contributed by atoms with Crippen molar-refractivity contribution in [2.75, 3.05) is 79.3 Å². The Morgan fingerprint density at radius 1 is 0.297 bits per heavy atom. The molecule has 0 saturated carbocycles. The second kappa shape index (κ2) is 73.6. The van der Waals surface area contributed by atoms with Gasteiger partial charge in [0, 0.05) is 122 Å². The molecular formula is C126H178N6O13. The number of hydrogen-bond acceptors (Lipinski definition) is 17. The molecule has 2 heterocycles. The number of ether oxygens (including phenoxy) is 9. The standard InChI is InChI=1S/C31H38O3.C25H33N3O2.C23H30O2.C19H29N3O2.C17H26O2.C11H22O2/c1-4-21-33-23-26-17-19-27(20-18-26)24-34-22-11-16-30(32)31(25(2)3,28-12-7-5-8-13-28)29-14-9-6-10-15-29;1-4-15-29-18-21-10-12-22(13-11-21)19-30-16-14-28-17-24(26-27-28)25(20(2)3)23-8-6-5-7-9-23;1-4-17-25-18-11-16-22(24)23(19(2)3,20-12-7-5-8-13-20)21-14-9-6-10-15-21;1-4-10-23-14-17-5-7-18(8-6-17)15-24-11-9-22-13-19(20-21-22)12-16(2)3;1-4-12-19-13-8-11-16(18)17(14(2)3)15-9-6-5-7-10-15;1-4-7-13-8-5-6-11(12)9-10(2)3/h5-10,12-15,17-20,25H,4,11,16,21-24H2,1-3H3;5-13,17,20,25H,4,14-16,18-19H2,1-3H3;5-10,12-15,19H,4,11,16-18H2,1-3H3;5-8,13,16H,4,9-12,14-15H2,1-3H3;5-7,9-10,14,17H,4,8,11-13H2,1-3H3;10H,4-9H2,1-3H3. The number of carbonyl (C=O) groups is 4. The first kappa shape index (κ1) is 123. The highest BCUT2D eigenvalue weighted by molar-refractivity contribution is 5.95. The highest BCUT2D eigenvalue weighted by Crippen LogP contribution is 2.44. The van der Waals surface area contributed by atoms with Crippen LogP contribution in [-0.2, 0) is 132 Å². The number of benzene rings is 9. The molecule has 0 aliphatic heterocycles. The Labute approximate surface area is 872 Å². The molecular weight excluding hydrogens is 1810 g/mol. The van der Waals surface area contributed by atoms with Crippen LogP contribution in [0.15, 0.2) is 267 Å². The summed E-state index contributed by atoms with van der Waals surface area (Å²) in [6.45, 7) is 52.2. The van der Waals surface area contributed by atoms with Crippen LogP contribution in [-0.4, -0.2) is 132 Å². The van der Waals surface area contributed by atoms with Crippen LogP contribution in [0.25, 0.3) is 0 Å². The fourth-order valence-corrected chi connectivity index (χ4v) is 17.8. The van der Waals surface area contributed by atoms with Crippen molar-refractivity contribution < 1.29 is 61.8 Å². The van der Waals surface area contributed by atoms with E-state index in [-0.39, 0.29) is 35.2 Å². The van der Waals surface area contributed by atoms with E-state index < -0.39 is 10.8 Å². The smallest absolute Gasteiger partial charge is 0.148 e. The lowest BCUT2D eigenvalue weighted by Crippen LogP contribution is -2.42. The number of rotatable bonds is 64. The zero-order valence-corrected chi connectivity index (χ0v) is 91.5. The van der Waals surface area contributed by atoms with Crippen molar-refractivity contribution in [3.05, 3.63) is 345 Å². The van der Waals surface area contributed by atoms with E-state index in [1.807, 2.05) is 119 Å². The van der Waals surface area contributed by atoms with Gasteiger partial charge in [0.1, 0.15) is 23.1 Å². The Bertz CT molecular complexity index is 5030. The van der Waals surface area contributed by atoms with Crippen LogP contribution in [0.4, 0.5) is 0 Å². The Hall–Kier alpha value is -10.4. The van der Waals surface area contributed by atoms with Crippen molar-refractivity contribution in [3.8, 4) is 0 Å². The lowest BCUT2D eigenvalue weighted by molar-refractivity contribution is -0.125. The molecule has 0 saturated heterocycles. The van der Waals surface area contributed by atoms with Crippen LogP contribution >= 0.6 is 0 Å². The fourth-order valence-electron chi connectivity index (χ4n) is 17.8. The van der Waals surface area contributed by atoms with Crippen molar-refractivity contribution in [3.63, 3.8) is 0 Å². The van der Waals surface area contributed by atoms with Crippen LogP contribution in [0.1, 0.15) is 311 Å². The zero-order chi connectivity index (χ0) is 105. The lowest BCUT2D eigenvalue weighted by Gasteiger charge is -2.37. The summed E-state index contributed by atoms with van der Waals surface area (Å²) in [4.78, 5) is 50.9. The van der Waals surface area contributed by atoms with Gasteiger partial charge in [-0.15, -0.1) is 10.2 Å². The summed E-state index contributed by atoms with van der Waals surface area (Å²) in [5.41, 5.74) is 14.5. The molecule has 0 N–H and O–H groups in total. The SMILES string of the molecule is CCCOCCCC(=O)C(c1ccccc1)(c1ccccc1)C(C)C.CCCOCCCC(=O)C(c1ccccc1)C(C)C.CCCOCCCC(=O)CC(C)C.CCCOCc1ccc(COCCCC(=O)C(c2ccccc2)(c2ccccc2)C(C)C)cc1.CCCOCc1ccc(COCCn2cc(C(c3ccccc3)C(C)C)nn2)cc1.CCCOCc1ccc(COCCn2cc(CC(C)C)nn2)cc1. The average molecular weight is 1980 g/mol. The number of hydrogen-bond donors (Lipinski definition) is 0. The van der Waals surface area contributed by atoms with Gasteiger partial charge in [-0.3, -0.25) is 19.2 Å². The molecule has 11 aromatic rings. The third-order valence-corrected chi connectivity index (χ3v) is 24.8. The first-order chi connectivity index (χ1) is 70.4. The van der Waals surface area contributed by atoms with Crippen molar-refractivity contribution in [1.82, 2.24) is 30.0 Å². The monoisotopic (exact) mass is 1980 g/mol. The molecule has 0 aliphatic carbocycles. The van der Waals surface area contributed by atoms with Crippen molar-refractivity contribution >= 4 is 23.1 Å². The van der Waals surface area contributed by atoms with Crippen LogP contribution < -0.4 is 0 Å². The molecule has 0 aliphatic rings. The first-order valence-electron chi connectivity index (χ1n) is 54.0. The second-order valence-electron chi connectivity index (χ2n) is 39.6. The van der Waals surface area contributed by atoms with E-state index in [1.54, 1.807) is 0 Å². The minimum Gasteiger partial charge on any atom is -0.381 e. The van der Waals surface area contributed by atoms with Gasteiger partial charge in [-0.1, -0.05) is 390 Å². The average Bonchev–Trinajstić information content (AvgIpc) is 1.31. The number of carbonyl (C=O) groups excluding carboxylic acids is 4. The molecule has 790 valence electrons. The van der Waals surface area contributed by atoms with E-state index in [1.165, 1.54) is 27.8 Å². The molecule has 9 aromatic carbocycles. The third-order valence-electron chi connectivity index (χ3n) is 24.8. The van der Waals surface area contributed by atoms with Gasteiger partial charge in [0.25, 0.3) is 0 Å². The fraction of sp³-hybridized carbons (Fsp3) is 0.508. The molecule has 19 heteroatoms. The van der Waals surface area contributed by atoms with Crippen molar-refractivity contribution in [2.45, 2.75) is 303 Å². The lowest BCUT2D eigenvalue weighted by atomic mass is 9.63. The normalized spacial score (nSPS) is 11.8. The van der Waals surface area contributed by atoms with Gasteiger partial charge in [0.05, 0.1) is 88.2 Å². The summed E-state index contributed by atoms with van der Waals surface area (Å²) in [7, 11) is 0. The quantitative estimate of drug-likeness (QED) is 0.0324. The summed E-state index contributed by atoms with van der Waals surface area (Å²) in [6.07, 6.45) is 17.5. The molecule has 0 amide bonds. The van der Waals surface area contributed by atoms with E-state index in [4.69, 9.17) is 42.6 Å². The summed E-state index contributed by atoms with van der Waals surface area (Å²) in [5, 5.41) is 17.1. The highest BCUT2D eigenvalue weighted by atomic mass is 16.5. The summed E-state index contributed by atoms with van der Waals surface area (Å²) >= 11 is 0. The Morgan fingerprint density at radius 3 is 0.903 bits per heavy atom. The number of nitrogens with zero attached hydrogens (tertiary/aromatic N) is 6. The second-order valence-corrected chi connectivity index (χ2v) is 39.6. The Morgan fingerprint density at radius 2 is 0.586 bits per heavy atom. The molecule has 11 rings (SSSR count). The van der Waals surface area contributed by atoms with Gasteiger partial charge in [-0.25, -0.2) is 9.36 Å². The molecule has 19 nitrogen and oxygen atoms in total. The maximum absolute atomic E-state index is 13.8.